The predicted octanol–water partition coefficient (Wildman–Crippen LogP) is 1.76. The van der Waals surface area contributed by atoms with Gasteiger partial charge in [0.1, 0.15) is 5.78 Å². The van der Waals surface area contributed by atoms with E-state index in [2.05, 4.69) is 17.0 Å². The van der Waals surface area contributed by atoms with E-state index in [0.29, 0.717) is 45.1 Å². The summed E-state index contributed by atoms with van der Waals surface area (Å²) in [6, 6.07) is 10.2. The molecule has 1 amide bonds. The minimum absolute atomic E-state index is 0.0787. The molecule has 5 heteroatoms. The average Bonchev–Trinajstić information content (AvgIpc) is 2.68. The Bertz CT molecular complexity index is 570. The van der Waals surface area contributed by atoms with Crippen molar-refractivity contribution in [2.45, 2.75) is 25.7 Å². The number of aryl methyl sites for hydroxylation is 1. The first-order chi connectivity index (χ1) is 12.2. The predicted molar refractivity (Wildman–Crippen MR) is 96.3 cm³/mol. The number of benzene rings is 1. The van der Waals surface area contributed by atoms with Gasteiger partial charge in [-0.2, -0.15) is 0 Å². The van der Waals surface area contributed by atoms with Crippen LogP contribution < -0.4 is 0 Å². The van der Waals surface area contributed by atoms with E-state index in [0.717, 1.165) is 32.4 Å². The van der Waals surface area contributed by atoms with Crippen LogP contribution in [-0.4, -0.2) is 67.4 Å². The quantitative estimate of drug-likeness (QED) is 0.789. The van der Waals surface area contributed by atoms with Crippen LogP contribution in [0.4, 0.5) is 0 Å². The van der Waals surface area contributed by atoms with Crippen LogP contribution in [0.5, 0.6) is 0 Å². The van der Waals surface area contributed by atoms with Crippen LogP contribution in [0.3, 0.4) is 0 Å². The van der Waals surface area contributed by atoms with E-state index in [1.165, 1.54) is 5.56 Å². The van der Waals surface area contributed by atoms with Crippen molar-refractivity contribution in [3.8, 4) is 0 Å². The number of piperidine rings is 1. The van der Waals surface area contributed by atoms with Crippen molar-refractivity contribution in [2.24, 2.45) is 5.92 Å². The Labute approximate surface area is 149 Å². The first kappa shape index (κ1) is 18.1. The number of rotatable bonds is 6. The van der Waals surface area contributed by atoms with Crippen LogP contribution in [0.25, 0.3) is 0 Å². The van der Waals surface area contributed by atoms with Gasteiger partial charge in [0.25, 0.3) is 0 Å². The van der Waals surface area contributed by atoms with Crippen molar-refractivity contribution < 1.29 is 14.3 Å². The van der Waals surface area contributed by atoms with E-state index < -0.39 is 0 Å². The van der Waals surface area contributed by atoms with E-state index >= 15 is 0 Å². The topological polar surface area (TPSA) is 49.9 Å². The summed E-state index contributed by atoms with van der Waals surface area (Å²) in [5.41, 5.74) is 1.21. The SMILES string of the molecule is O=C(CCc1ccccc1)C1CCCN(CC(=O)N2CCOCC2)C1. The largest absolute Gasteiger partial charge is 0.378 e. The number of hydrogen-bond donors (Lipinski definition) is 0. The molecule has 1 aromatic carbocycles. The number of carbonyl (C=O) groups excluding carboxylic acids is 2. The maximum absolute atomic E-state index is 12.6. The first-order valence-electron chi connectivity index (χ1n) is 9.37. The fourth-order valence-corrected chi connectivity index (χ4v) is 3.68. The number of nitrogens with zero attached hydrogens (tertiary/aromatic N) is 2. The third-order valence-corrected chi connectivity index (χ3v) is 5.19. The van der Waals surface area contributed by atoms with E-state index in [4.69, 9.17) is 4.74 Å². The molecule has 2 saturated heterocycles. The van der Waals surface area contributed by atoms with Crippen molar-refractivity contribution in [1.82, 2.24) is 9.80 Å². The van der Waals surface area contributed by atoms with E-state index in [-0.39, 0.29) is 11.8 Å². The third-order valence-electron chi connectivity index (χ3n) is 5.19. The van der Waals surface area contributed by atoms with Gasteiger partial charge in [-0.25, -0.2) is 0 Å². The fraction of sp³-hybridized carbons (Fsp3) is 0.600. The Morgan fingerprint density at radius 2 is 1.84 bits per heavy atom. The van der Waals surface area contributed by atoms with Crippen LogP contribution >= 0.6 is 0 Å². The summed E-state index contributed by atoms with van der Waals surface area (Å²) in [4.78, 5) is 29.0. The van der Waals surface area contributed by atoms with Gasteiger partial charge in [0.05, 0.1) is 19.8 Å². The molecule has 0 aromatic heterocycles. The van der Waals surface area contributed by atoms with Gasteiger partial charge in [0.15, 0.2) is 0 Å². The van der Waals surface area contributed by atoms with Crippen molar-refractivity contribution in [3.05, 3.63) is 35.9 Å². The zero-order valence-electron chi connectivity index (χ0n) is 14.9. The fourth-order valence-electron chi connectivity index (χ4n) is 3.68. The highest BCUT2D eigenvalue weighted by atomic mass is 16.5. The molecule has 2 heterocycles. The number of ether oxygens (including phenoxy) is 1. The maximum Gasteiger partial charge on any atom is 0.236 e. The Balaban J connectivity index is 1.45. The van der Waals surface area contributed by atoms with Crippen LogP contribution in [0, 0.1) is 5.92 Å². The number of Topliss-reactive ketones (excluding diaryl/α,β-unsaturated/α-hetero) is 1. The molecular weight excluding hydrogens is 316 g/mol. The van der Waals surface area contributed by atoms with E-state index in [9.17, 15) is 9.59 Å². The van der Waals surface area contributed by atoms with E-state index in [1.54, 1.807) is 0 Å². The molecule has 2 fully saturated rings. The zero-order valence-corrected chi connectivity index (χ0v) is 14.9. The van der Waals surface area contributed by atoms with Crippen molar-refractivity contribution in [2.75, 3.05) is 45.9 Å². The molecule has 0 radical (unpaired) electrons. The van der Waals surface area contributed by atoms with Crippen LogP contribution in [0.15, 0.2) is 30.3 Å². The van der Waals surface area contributed by atoms with Gasteiger partial charge in [-0.1, -0.05) is 30.3 Å². The van der Waals surface area contributed by atoms with Gasteiger partial charge < -0.3 is 9.64 Å². The minimum atomic E-state index is 0.0787. The number of morpholine rings is 1. The van der Waals surface area contributed by atoms with Gasteiger partial charge >= 0.3 is 0 Å². The maximum atomic E-state index is 12.6. The van der Waals surface area contributed by atoms with Gasteiger partial charge in [-0.3, -0.25) is 14.5 Å². The van der Waals surface area contributed by atoms with Gasteiger partial charge in [0.2, 0.25) is 5.91 Å². The summed E-state index contributed by atoms with van der Waals surface area (Å²) in [6.07, 6.45) is 3.36. The van der Waals surface area contributed by atoms with Gasteiger partial charge in [-0.05, 0) is 31.4 Å². The average molecular weight is 344 g/mol. The summed E-state index contributed by atoms with van der Waals surface area (Å²) < 4.78 is 5.30. The summed E-state index contributed by atoms with van der Waals surface area (Å²) in [5.74, 6) is 0.586. The molecule has 1 atom stereocenters. The number of ketones is 1. The summed E-state index contributed by atoms with van der Waals surface area (Å²) in [6.45, 7) is 4.71. The molecule has 1 unspecified atom stereocenters. The Hall–Kier alpha value is -1.72. The Morgan fingerprint density at radius 3 is 2.60 bits per heavy atom. The smallest absolute Gasteiger partial charge is 0.236 e. The normalized spacial score (nSPS) is 21.9. The molecule has 0 N–H and O–H groups in total. The minimum Gasteiger partial charge on any atom is -0.378 e. The monoisotopic (exact) mass is 344 g/mol. The molecule has 2 aliphatic rings. The highest BCUT2D eigenvalue weighted by molar-refractivity contribution is 5.82. The lowest BCUT2D eigenvalue weighted by atomic mass is 9.90. The number of amides is 1. The molecule has 0 bridgehead atoms. The molecule has 0 spiro atoms. The van der Waals surface area contributed by atoms with Crippen LogP contribution in [0.1, 0.15) is 24.8 Å². The summed E-state index contributed by atoms with van der Waals surface area (Å²) in [5, 5.41) is 0. The molecule has 0 saturated carbocycles. The lowest BCUT2D eigenvalue weighted by Gasteiger charge is -2.34. The molecule has 2 aliphatic heterocycles. The second kappa shape index (κ2) is 9.11. The lowest BCUT2D eigenvalue weighted by molar-refractivity contribution is -0.137. The lowest BCUT2D eigenvalue weighted by Crippen LogP contribution is -2.48. The summed E-state index contributed by atoms with van der Waals surface area (Å²) >= 11 is 0. The zero-order chi connectivity index (χ0) is 17.5. The highest BCUT2D eigenvalue weighted by Gasteiger charge is 2.27. The third kappa shape index (κ3) is 5.38. The Morgan fingerprint density at radius 1 is 1.08 bits per heavy atom. The molecule has 25 heavy (non-hydrogen) atoms. The second-order valence-electron chi connectivity index (χ2n) is 7.02. The number of likely N-dealkylation sites (tertiary alicyclic amines) is 1. The van der Waals surface area contributed by atoms with Gasteiger partial charge in [0, 0.05) is 32.0 Å². The van der Waals surface area contributed by atoms with E-state index in [1.807, 2.05) is 23.1 Å². The van der Waals surface area contributed by atoms with Crippen molar-refractivity contribution in [1.29, 1.82) is 0 Å². The standard InChI is InChI=1S/C20H28N2O3/c23-19(9-8-17-5-2-1-3-6-17)18-7-4-10-21(15-18)16-20(24)22-11-13-25-14-12-22/h1-3,5-6,18H,4,7-16H2. The summed E-state index contributed by atoms with van der Waals surface area (Å²) in [7, 11) is 0. The number of carbonyl (C=O) groups is 2. The van der Waals surface area contributed by atoms with Gasteiger partial charge in [-0.15, -0.1) is 0 Å². The molecule has 5 nitrogen and oxygen atoms in total. The highest BCUT2D eigenvalue weighted by Crippen LogP contribution is 2.20. The van der Waals surface area contributed by atoms with Crippen molar-refractivity contribution >= 4 is 11.7 Å². The molecule has 1 aromatic rings. The second-order valence-corrected chi connectivity index (χ2v) is 7.02. The van der Waals surface area contributed by atoms with Crippen LogP contribution in [-0.2, 0) is 20.7 Å². The van der Waals surface area contributed by atoms with Crippen LogP contribution in [0.2, 0.25) is 0 Å². The molecular formula is C20H28N2O3. The molecule has 0 aliphatic carbocycles. The van der Waals surface area contributed by atoms with Crippen molar-refractivity contribution in [3.63, 3.8) is 0 Å². The Kier molecular flexibility index (Phi) is 6.59. The number of hydrogen-bond acceptors (Lipinski definition) is 4. The molecule has 136 valence electrons. The first-order valence-corrected chi connectivity index (χ1v) is 9.37. The molecule has 3 rings (SSSR count).